The van der Waals surface area contributed by atoms with E-state index < -0.39 is 23.5 Å². The number of rotatable bonds is 7. The van der Waals surface area contributed by atoms with Gasteiger partial charge < -0.3 is 19.6 Å². The number of hydrogen-bond donors (Lipinski definition) is 2. The summed E-state index contributed by atoms with van der Waals surface area (Å²) in [6.45, 7) is -0.333. The molecule has 1 aromatic heterocycles. The smallest absolute Gasteiger partial charge is 0.336 e. The summed E-state index contributed by atoms with van der Waals surface area (Å²) < 4.78 is 10.3. The van der Waals surface area contributed by atoms with Gasteiger partial charge in [-0.1, -0.05) is 0 Å². The van der Waals surface area contributed by atoms with E-state index in [1.807, 2.05) is 0 Å². The van der Waals surface area contributed by atoms with Gasteiger partial charge in [0.05, 0.1) is 0 Å². The minimum Gasteiger partial charge on any atom is -0.484 e. The highest BCUT2D eigenvalue weighted by Gasteiger charge is 2.19. The van der Waals surface area contributed by atoms with E-state index in [0.717, 1.165) is 5.39 Å². The molecule has 7 nitrogen and oxygen atoms in total. The molecule has 0 spiro atoms. The fraction of sp³-hybridized carbons (Fsp3) is 0.267. The van der Waals surface area contributed by atoms with Crippen LogP contribution in [0.15, 0.2) is 39.5 Å². The third kappa shape index (κ3) is 4.75. The van der Waals surface area contributed by atoms with Crippen molar-refractivity contribution in [3.63, 3.8) is 0 Å². The van der Waals surface area contributed by atoms with Crippen molar-refractivity contribution in [1.29, 1.82) is 0 Å². The van der Waals surface area contributed by atoms with Crippen molar-refractivity contribution < 1.29 is 23.8 Å². The minimum atomic E-state index is -1.10. The molecule has 1 amide bonds. The summed E-state index contributed by atoms with van der Waals surface area (Å²) in [7, 11) is 0. The van der Waals surface area contributed by atoms with Crippen LogP contribution < -0.4 is 15.7 Å². The molecule has 8 heteroatoms. The van der Waals surface area contributed by atoms with Crippen LogP contribution in [0, 0.1) is 0 Å². The number of fused-ring (bicyclic) bond motifs is 1. The molecule has 1 aromatic carbocycles. The monoisotopic (exact) mass is 337 g/mol. The predicted octanol–water partition coefficient (Wildman–Crippen LogP) is 1.10. The van der Waals surface area contributed by atoms with Crippen LogP contribution in [-0.4, -0.2) is 41.6 Å². The highest BCUT2D eigenvalue weighted by molar-refractivity contribution is 7.98. The van der Waals surface area contributed by atoms with Crippen molar-refractivity contribution in [1.82, 2.24) is 5.32 Å². The fourth-order valence-electron chi connectivity index (χ4n) is 1.86. The Labute approximate surface area is 135 Å². The van der Waals surface area contributed by atoms with Crippen molar-refractivity contribution in [2.24, 2.45) is 0 Å². The lowest BCUT2D eigenvalue weighted by molar-refractivity contribution is -0.141. The molecule has 1 heterocycles. The maximum absolute atomic E-state index is 11.7. The first-order chi connectivity index (χ1) is 11.0. The average molecular weight is 337 g/mol. The minimum absolute atomic E-state index is 0.266. The van der Waals surface area contributed by atoms with Gasteiger partial charge >= 0.3 is 11.6 Å². The molecule has 2 aromatic rings. The van der Waals surface area contributed by atoms with E-state index in [2.05, 4.69) is 5.32 Å². The van der Waals surface area contributed by atoms with Crippen LogP contribution >= 0.6 is 11.8 Å². The van der Waals surface area contributed by atoms with Crippen LogP contribution in [0.3, 0.4) is 0 Å². The van der Waals surface area contributed by atoms with Crippen molar-refractivity contribution in [2.75, 3.05) is 18.6 Å². The van der Waals surface area contributed by atoms with Gasteiger partial charge in [-0.25, -0.2) is 9.59 Å². The number of amides is 1. The van der Waals surface area contributed by atoms with Gasteiger partial charge in [-0.3, -0.25) is 4.79 Å². The summed E-state index contributed by atoms with van der Waals surface area (Å²) in [4.78, 5) is 33.9. The molecular formula is C15H15NO6S. The Morgan fingerprint density at radius 2 is 2.09 bits per heavy atom. The van der Waals surface area contributed by atoms with Gasteiger partial charge in [0.1, 0.15) is 17.4 Å². The highest BCUT2D eigenvalue weighted by Crippen LogP contribution is 2.19. The van der Waals surface area contributed by atoms with E-state index in [1.54, 1.807) is 24.5 Å². The van der Waals surface area contributed by atoms with Crippen LogP contribution in [0.1, 0.15) is 0 Å². The second-order valence-corrected chi connectivity index (χ2v) is 5.57. The molecule has 1 unspecified atom stereocenters. The molecule has 0 aliphatic rings. The number of benzene rings is 1. The van der Waals surface area contributed by atoms with Crippen molar-refractivity contribution >= 4 is 34.6 Å². The largest absolute Gasteiger partial charge is 0.484 e. The van der Waals surface area contributed by atoms with Gasteiger partial charge in [-0.15, -0.1) is 0 Å². The van der Waals surface area contributed by atoms with Crippen LogP contribution in [0.5, 0.6) is 5.75 Å². The SMILES string of the molecule is CSCC(NC(=O)COc1ccc2ccc(=O)oc2c1)C(=O)O. The summed E-state index contributed by atoms with van der Waals surface area (Å²) in [5.41, 5.74) is -0.130. The van der Waals surface area contributed by atoms with Crippen molar-refractivity contribution in [3.05, 3.63) is 40.8 Å². The Kier molecular flexibility index (Phi) is 5.64. The van der Waals surface area contributed by atoms with E-state index in [4.69, 9.17) is 14.3 Å². The lowest BCUT2D eigenvalue weighted by atomic mass is 10.2. The number of carbonyl (C=O) groups is 2. The quantitative estimate of drug-likeness (QED) is 0.729. The summed E-state index contributed by atoms with van der Waals surface area (Å²) >= 11 is 1.32. The molecule has 0 aliphatic heterocycles. The Hall–Kier alpha value is -2.48. The number of thioether (sulfide) groups is 1. The summed E-state index contributed by atoms with van der Waals surface area (Å²) in [5.74, 6) is -1.03. The van der Waals surface area contributed by atoms with Crippen LogP contribution in [0.4, 0.5) is 0 Å². The van der Waals surface area contributed by atoms with Crippen LogP contribution in [-0.2, 0) is 9.59 Å². The van der Waals surface area contributed by atoms with Crippen molar-refractivity contribution in [3.8, 4) is 5.75 Å². The maximum Gasteiger partial charge on any atom is 0.336 e. The van der Waals surface area contributed by atoms with Crippen molar-refractivity contribution in [2.45, 2.75) is 6.04 Å². The molecule has 23 heavy (non-hydrogen) atoms. The molecule has 0 radical (unpaired) electrons. The fourth-order valence-corrected chi connectivity index (χ4v) is 2.42. The lowest BCUT2D eigenvalue weighted by Crippen LogP contribution is -2.44. The molecule has 122 valence electrons. The zero-order valence-electron chi connectivity index (χ0n) is 12.3. The third-order valence-corrected chi connectivity index (χ3v) is 3.60. The molecule has 2 N–H and O–H groups in total. The van der Waals surface area contributed by atoms with Gasteiger partial charge in [-0.2, -0.15) is 11.8 Å². The zero-order chi connectivity index (χ0) is 16.8. The number of carboxylic acid groups (broad SMARTS) is 1. The molecule has 0 fully saturated rings. The molecular weight excluding hydrogens is 322 g/mol. The van der Waals surface area contributed by atoms with Gasteiger partial charge in [0.2, 0.25) is 0 Å². The summed E-state index contributed by atoms with van der Waals surface area (Å²) in [5, 5.41) is 12.1. The van der Waals surface area contributed by atoms with E-state index >= 15 is 0 Å². The van der Waals surface area contributed by atoms with Gasteiger partial charge in [-0.05, 0) is 24.5 Å². The van der Waals surface area contributed by atoms with E-state index in [1.165, 1.54) is 23.9 Å². The number of nitrogens with one attached hydrogen (secondary N) is 1. The van der Waals surface area contributed by atoms with E-state index in [-0.39, 0.29) is 12.4 Å². The number of aliphatic carboxylic acids is 1. The second kappa shape index (κ2) is 7.68. The lowest BCUT2D eigenvalue weighted by Gasteiger charge is -2.13. The van der Waals surface area contributed by atoms with E-state index in [0.29, 0.717) is 11.3 Å². The Morgan fingerprint density at radius 3 is 2.78 bits per heavy atom. The average Bonchev–Trinajstić information content (AvgIpc) is 2.52. The summed E-state index contributed by atoms with van der Waals surface area (Å²) in [6.07, 6.45) is 1.75. The first kappa shape index (κ1) is 16.9. The molecule has 0 aliphatic carbocycles. The molecule has 0 saturated heterocycles. The molecule has 2 rings (SSSR count). The second-order valence-electron chi connectivity index (χ2n) is 4.66. The molecule has 0 saturated carbocycles. The van der Waals surface area contributed by atoms with Gasteiger partial charge in [0.15, 0.2) is 6.61 Å². The maximum atomic E-state index is 11.7. The number of ether oxygens (including phenoxy) is 1. The Morgan fingerprint density at radius 1 is 1.35 bits per heavy atom. The van der Waals surface area contributed by atoms with Crippen LogP contribution in [0.2, 0.25) is 0 Å². The molecule has 1 atom stereocenters. The van der Waals surface area contributed by atoms with Crippen LogP contribution in [0.25, 0.3) is 11.0 Å². The first-order valence-corrected chi connectivity index (χ1v) is 8.07. The summed E-state index contributed by atoms with van der Waals surface area (Å²) in [6, 6.07) is 6.80. The Bertz CT molecular complexity index is 772. The third-order valence-electron chi connectivity index (χ3n) is 2.93. The van der Waals surface area contributed by atoms with Gasteiger partial charge in [0.25, 0.3) is 5.91 Å². The topological polar surface area (TPSA) is 106 Å². The van der Waals surface area contributed by atoms with Gasteiger partial charge in [0, 0.05) is 23.3 Å². The number of carbonyl (C=O) groups excluding carboxylic acids is 1. The standard InChI is InChI=1S/C15H15NO6S/c1-23-8-11(15(19)20)16-13(17)7-21-10-4-2-9-3-5-14(18)22-12(9)6-10/h2-6,11H,7-8H2,1H3,(H,16,17)(H,19,20). The normalized spacial score (nSPS) is 11.9. The number of carboxylic acids is 1. The predicted molar refractivity (Wildman–Crippen MR) is 85.9 cm³/mol. The first-order valence-electron chi connectivity index (χ1n) is 6.67. The molecule has 0 bridgehead atoms. The highest BCUT2D eigenvalue weighted by atomic mass is 32.2. The zero-order valence-corrected chi connectivity index (χ0v) is 13.1. The van der Waals surface area contributed by atoms with E-state index in [9.17, 15) is 14.4 Å². The number of hydrogen-bond acceptors (Lipinski definition) is 6. The Balaban J connectivity index is 1.98.